The van der Waals surface area contributed by atoms with Crippen molar-refractivity contribution in [3.63, 3.8) is 0 Å². The summed E-state index contributed by atoms with van der Waals surface area (Å²) in [6, 6.07) is 15.7. The maximum atomic E-state index is 12.8. The molecule has 0 saturated carbocycles. The smallest absolute Gasteiger partial charge is 0.279 e. The first kappa shape index (κ1) is 19.4. The van der Waals surface area contributed by atoms with E-state index in [0.717, 1.165) is 28.3 Å². The summed E-state index contributed by atoms with van der Waals surface area (Å²) in [6.45, 7) is 6.06. The molecule has 0 aliphatic carbocycles. The molecule has 2 aromatic carbocycles. The molecule has 6 heteroatoms. The molecule has 3 aromatic rings. The molecular formula is C22H23N3O3. The normalized spacial score (nSPS) is 11.8. The molecule has 1 aromatic heterocycles. The van der Waals surface area contributed by atoms with Gasteiger partial charge in [-0.05, 0) is 48.6 Å². The van der Waals surface area contributed by atoms with Crippen LogP contribution in [0.5, 0.6) is 5.75 Å². The lowest BCUT2D eigenvalue weighted by molar-refractivity contribution is 0.101. The monoisotopic (exact) mass is 377 g/mol. The fraction of sp³-hybridized carbons (Fsp3) is 0.227. The summed E-state index contributed by atoms with van der Waals surface area (Å²) in [4.78, 5) is 25.1. The number of rotatable bonds is 5. The number of anilines is 1. The highest BCUT2D eigenvalue weighted by Gasteiger charge is 2.19. The van der Waals surface area contributed by atoms with Crippen LogP contribution >= 0.6 is 0 Å². The number of aryl methyl sites for hydroxylation is 1. The van der Waals surface area contributed by atoms with Crippen LogP contribution in [-0.2, 0) is 0 Å². The molecule has 0 aliphatic heterocycles. The molecule has 1 unspecified atom stereocenters. The molecule has 0 radical (unpaired) electrons. The fourth-order valence-electron chi connectivity index (χ4n) is 3.00. The number of carbonyl (C=O) groups excluding carboxylic acids is 1. The number of hydrogen-bond donors (Lipinski definition) is 2. The van der Waals surface area contributed by atoms with Crippen molar-refractivity contribution in [2.75, 3.05) is 5.32 Å². The third kappa shape index (κ3) is 3.96. The fourth-order valence-corrected chi connectivity index (χ4v) is 3.00. The second-order valence-corrected chi connectivity index (χ2v) is 6.82. The number of aromatic hydroxyl groups is 1. The first-order valence-corrected chi connectivity index (χ1v) is 9.21. The third-order valence-corrected chi connectivity index (χ3v) is 4.73. The number of para-hydroxylation sites is 1. The molecule has 0 saturated heterocycles. The van der Waals surface area contributed by atoms with Crippen molar-refractivity contribution in [2.45, 2.75) is 33.1 Å². The second kappa shape index (κ2) is 8.08. The first-order chi connectivity index (χ1) is 13.4. The van der Waals surface area contributed by atoms with Crippen molar-refractivity contribution in [3.05, 3.63) is 81.8 Å². The van der Waals surface area contributed by atoms with Crippen molar-refractivity contribution in [2.24, 2.45) is 0 Å². The summed E-state index contributed by atoms with van der Waals surface area (Å²) in [5.41, 5.74) is 2.42. The Morgan fingerprint density at radius 1 is 1.18 bits per heavy atom. The van der Waals surface area contributed by atoms with E-state index in [4.69, 9.17) is 0 Å². The number of nitrogens with zero attached hydrogens (tertiary/aromatic N) is 2. The number of benzene rings is 2. The van der Waals surface area contributed by atoms with Crippen molar-refractivity contribution in [3.8, 4) is 11.4 Å². The SMILES string of the molecule is CCC(C)c1ccccc1NC(=O)c1nn(-c2cccc(C)c2)c(=O)cc1O. The Hall–Kier alpha value is -3.41. The lowest BCUT2D eigenvalue weighted by Gasteiger charge is -2.16. The molecule has 6 nitrogen and oxygen atoms in total. The number of nitrogens with one attached hydrogen (secondary N) is 1. The van der Waals surface area contributed by atoms with Crippen molar-refractivity contribution >= 4 is 11.6 Å². The van der Waals surface area contributed by atoms with Gasteiger partial charge in [-0.15, -0.1) is 0 Å². The molecule has 0 fully saturated rings. The minimum atomic E-state index is -0.574. The Bertz CT molecular complexity index is 1070. The highest BCUT2D eigenvalue weighted by molar-refractivity contribution is 6.04. The van der Waals surface area contributed by atoms with E-state index in [-0.39, 0.29) is 11.6 Å². The van der Waals surface area contributed by atoms with Crippen molar-refractivity contribution in [1.29, 1.82) is 0 Å². The Morgan fingerprint density at radius 2 is 1.93 bits per heavy atom. The largest absolute Gasteiger partial charge is 0.505 e. The summed E-state index contributed by atoms with van der Waals surface area (Å²) >= 11 is 0. The third-order valence-electron chi connectivity index (χ3n) is 4.73. The summed E-state index contributed by atoms with van der Waals surface area (Å²) in [5.74, 6) is -0.763. The van der Waals surface area contributed by atoms with Crippen LogP contribution in [-0.4, -0.2) is 20.8 Å². The van der Waals surface area contributed by atoms with Gasteiger partial charge in [0.15, 0.2) is 11.4 Å². The Labute approximate surface area is 163 Å². The van der Waals surface area contributed by atoms with Gasteiger partial charge in [0.2, 0.25) is 0 Å². The van der Waals surface area contributed by atoms with Gasteiger partial charge in [0.25, 0.3) is 11.5 Å². The summed E-state index contributed by atoms with van der Waals surface area (Å²) < 4.78 is 1.11. The minimum Gasteiger partial charge on any atom is -0.505 e. The zero-order valence-electron chi connectivity index (χ0n) is 16.1. The highest BCUT2D eigenvalue weighted by Crippen LogP contribution is 2.27. The van der Waals surface area contributed by atoms with E-state index in [0.29, 0.717) is 11.4 Å². The van der Waals surface area contributed by atoms with Crippen molar-refractivity contribution in [1.82, 2.24) is 9.78 Å². The number of amides is 1. The zero-order valence-corrected chi connectivity index (χ0v) is 16.1. The molecule has 0 aliphatic rings. The van der Waals surface area contributed by atoms with E-state index in [1.165, 1.54) is 0 Å². The quantitative estimate of drug-likeness (QED) is 0.703. The summed E-state index contributed by atoms with van der Waals surface area (Å²) in [5, 5.41) is 17.1. The van der Waals surface area contributed by atoms with Gasteiger partial charge >= 0.3 is 0 Å². The molecule has 28 heavy (non-hydrogen) atoms. The molecule has 0 bridgehead atoms. The lowest BCUT2D eigenvalue weighted by Crippen LogP contribution is -2.25. The molecule has 2 N–H and O–H groups in total. The zero-order chi connectivity index (χ0) is 20.3. The van der Waals surface area contributed by atoms with Gasteiger partial charge in [0, 0.05) is 11.8 Å². The van der Waals surface area contributed by atoms with Crippen LogP contribution in [0.4, 0.5) is 5.69 Å². The van der Waals surface area contributed by atoms with Crippen LogP contribution in [0.2, 0.25) is 0 Å². The van der Waals surface area contributed by atoms with E-state index < -0.39 is 17.2 Å². The maximum absolute atomic E-state index is 12.8. The van der Waals surface area contributed by atoms with Crippen LogP contribution < -0.4 is 10.9 Å². The predicted octanol–water partition coefficient (Wildman–Crippen LogP) is 4.01. The van der Waals surface area contributed by atoms with Crippen LogP contribution in [0, 0.1) is 6.92 Å². The Balaban J connectivity index is 1.99. The average molecular weight is 377 g/mol. The van der Waals surface area contributed by atoms with Crippen LogP contribution in [0.15, 0.2) is 59.4 Å². The average Bonchev–Trinajstić information content (AvgIpc) is 2.67. The van der Waals surface area contributed by atoms with E-state index in [9.17, 15) is 14.7 Å². The Morgan fingerprint density at radius 3 is 2.64 bits per heavy atom. The van der Waals surface area contributed by atoms with Gasteiger partial charge in [-0.25, -0.2) is 0 Å². The second-order valence-electron chi connectivity index (χ2n) is 6.82. The van der Waals surface area contributed by atoms with Gasteiger partial charge < -0.3 is 10.4 Å². The molecular weight excluding hydrogens is 354 g/mol. The van der Waals surface area contributed by atoms with Gasteiger partial charge in [0.05, 0.1) is 5.69 Å². The van der Waals surface area contributed by atoms with Crippen LogP contribution in [0.1, 0.15) is 47.8 Å². The van der Waals surface area contributed by atoms with E-state index >= 15 is 0 Å². The predicted molar refractivity (Wildman–Crippen MR) is 109 cm³/mol. The number of aromatic nitrogens is 2. The molecule has 1 atom stereocenters. The van der Waals surface area contributed by atoms with Crippen molar-refractivity contribution < 1.29 is 9.90 Å². The molecule has 1 amide bonds. The molecule has 1 heterocycles. The van der Waals surface area contributed by atoms with Gasteiger partial charge in [-0.2, -0.15) is 9.78 Å². The first-order valence-electron chi connectivity index (χ1n) is 9.21. The van der Waals surface area contributed by atoms with Gasteiger partial charge in [-0.1, -0.05) is 44.2 Å². The summed E-state index contributed by atoms with van der Waals surface area (Å²) in [7, 11) is 0. The van der Waals surface area contributed by atoms with Gasteiger partial charge in [-0.3, -0.25) is 9.59 Å². The minimum absolute atomic E-state index is 0.208. The molecule has 144 valence electrons. The van der Waals surface area contributed by atoms with E-state index in [1.54, 1.807) is 18.2 Å². The summed E-state index contributed by atoms with van der Waals surface area (Å²) in [6.07, 6.45) is 0.925. The van der Waals surface area contributed by atoms with Gasteiger partial charge in [0.1, 0.15) is 0 Å². The number of hydrogen-bond acceptors (Lipinski definition) is 4. The lowest BCUT2D eigenvalue weighted by atomic mass is 9.97. The maximum Gasteiger partial charge on any atom is 0.279 e. The van der Waals surface area contributed by atoms with Crippen LogP contribution in [0.25, 0.3) is 5.69 Å². The Kier molecular flexibility index (Phi) is 5.59. The standard InChI is InChI=1S/C22H23N3O3/c1-4-15(3)17-10-5-6-11-18(17)23-22(28)21-19(26)13-20(27)25(24-21)16-9-7-8-14(2)12-16/h5-13,15,26H,4H2,1-3H3,(H,23,28). The van der Waals surface area contributed by atoms with E-state index in [1.807, 2.05) is 37.3 Å². The van der Waals surface area contributed by atoms with E-state index in [2.05, 4.69) is 24.3 Å². The highest BCUT2D eigenvalue weighted by atomic mass is 16.3. The van der Waals surface area contributed by atoms with Crippen LogP contribution in [0.3, 0.4) is 0 Å². The number of carbonyl (C=O) groups is 1. The molecule has 3 rings (SSSR count). The molecule has 0 spiro atoms. The topological polar surface area (TPSA) is 84.2 Å².